The molecule has 8 nitrogen and oxygen atoms in total. The van der Waals surface area contributed by atoms with E-state index in [0.717, 1.165) is 5.56 Å². The van der Waals surface area contributed by atoms with Crippen molar-refractivity contribution >= 4 is 34.2 Å². The van der Waals surface area contributed by atoms with E-state index < -0.39 is 17.3 Å². The number of nitrogens with one attached hydrogen (secondary N) is 1. The number of carbonyl (C=O) groups is 1. The van der Waals surface area contributed by atoms with Gasteiger partial charge >= 0.3 is 0 Å². The number of aliphatic hydroxyl groups is 1. The predicted molar refractivity (Wildman–Crippen MR) is 128 cm³/mol. The zero-order valence-electron chi connectivity index (χ0n) is 18.7. The molecule has 1 amide bonds. The highest BCUT2D eigenvalue weighted by molar-refractivity contribution is 6.35. The van der Waals surface area contributed by atoms with Gasteiger partial charge in [0.15, 0.2) is 11.6 Å². The van der Waals surface area contributed by atoms with E-state index >= 15 is 0 Å². The lowest BCUT2D eigenvalue weighted by Crippen LogP contribution is -2.19. The maximum atomic E-state index is 15.0. The van der Waals surface area contributed by atoms with Gasteiger partial charge in [-0.05, 0) is 38.5 Å². The van der Waals surface area contributed by atoms with Gasteiger partial charge < -0.3 is 16.2 Å². The number of primary amides is 1. The molecule has 0 fully saturated rings. The molecule has 1 aromatic carbocycles. The van der Waals surface area contributed by atoms with Crippen molar-refractivity contribution in [1.29, 1.82) is 0 Å². The van der Waals surface area contributed by atoms with Crippen LogP contribution in [-0.2, 0) is 12.1 Å². The number of benzene rings is 1. The summed E-state index contributed by atoms with van der Waals surface area (Å²) in [4.78, 5) is 28.6. The van der Waals surface area contributed by atoms with Crippen LogP contribution in [0.2, 0.25) is 5.02 Å². The molecule has 10 heteroatoms. The molecule has 0 radical (unpaired) electrons. The number of nitrogens with two attached hydrogens (primary N) is 1. The molecule has 3 heterocycles. The Bertz CT molecular complexity index is 1400. The number of hydrogen-bond acceptors (Lipinski definition) is 7. The van der Waals surface area contributed by atoms with Crippen molar-refractivity contribution in [2.75, 3.05) is 5.32 Å². The molecule has 0 aliphatic heterocycles. The highest BCUT2D eigenvalue weighted by Crippen LogP contribution is 2.34. The Labute approximate surface area is 200 Å². The summed E-state index contributed by atoms with van der Waals surface area (Å²) >= 11 is 6.54. The second-order valence-electron chi connectivity index (χ2n) is 8.35. The molecule has 0 unspecified atom stereocenters. The number of hydrogen-bond donors (Lipinski definition) is 3. The van der Waals surface area contributed by atoms with Gasteiger partial charge in [-0.2, -0.15) is 0 Å². The summed E-state index contributed by atoms with van der Waals surface area (Å²) in [7, 11) is 0. The molecular weight excluding hydrogens is 459 g/mol. The van der Waals surface area contributed by atoms with Crippen LogP contribution >= 0.6 is 11.6 Å². The topological polar surface area (TPSA) is 127 Å². The summed E-state index contributed by atoms with van der Waals surface area (Å²) in [5, 5.41) is 13.6. The van der Waals surface area contributed by atoms with Crippen molar-refractivity contribution < 1.29 is 14.3 Å². The first-order chi connectivity index (χ1) is 16.0. The van der Waals surface area contributed by atoms with Crippen molar-refractivity contribution in [2.24, 2.45) is 5.73 Å². The van der Waals surface area contributed by atoms with Gasteiger partial charge in [-0.1, -0.05) is 23.7 Å². The minimum atomic E-state index is -1.23. The molecule has 0 aliphatic carbocycles. The SMILES string of the molecule is Cc1nc2cc(F)c(-c3cnc(C(C)(C)O)nc3)nc2c(NCc2cccc(C(N)=O)c2)c1Cl. The van der Waals surface area contributed by atoms with Crippen LogP contribution in [0.4, 0.5) is 10.1 Å². The first kappa shape index (κ1) is 23.5. The number of halogens is 2. The fourth-order valence-electron chi connectivity index (χ4n) is 3.42. The van der Waals surface area contributed by atoms with Crippen LogP contribution in [0.5, 0.6) is 0 Å². The van der Waals surface area contributed by atoms with Gasteiger partial charge in [0, 0.05) is 36.1 Å². The van der Waals surface area contributed by atoms with Crippen LogP contribution in [-0.4, -0.2) is 30.9 Å². The van der Waals surface area contributed by atoms with E-state index in [9.17, 15) is 14.3 Å². The Morgan fingerprint density at radius 3 is 2.56 bits per heavy atom. The Kier molecular flexibility index (Phi) is 6.16. The lowest BCUT2D eigenvalue weighted by molar-refractivity contribution is 0.0687. The van der Waals surface area contributed by atoms with E-state index in [0.29, 0.717) is 45.1 Å². The first-order valence-corrected chi connectivity index (χ1v) is 10.8. The average Bonchev–Trinajstić information content (AvgIpc) is 2.79. The molecule has 4 aromatic rings. The van der Waals surface area contributed by atoms with Crippen LogP contribution < -0.4 is 11.1 Å². The number of carbonyl (C=O) groups excluding carboxylic acids is 1. The third kappa shape index (κ3) is 4.66. The predicted octanol–water partition coefficient (Wildman–Crippen LogP) is 4.13. The van der Waals surface area contributed by atoms with Crippen molar-refractivity contribution in [3.8, 4) is 11.3 Å². The smallest absolute Gasteiger partial charge is 0.248 e. The van der Waals surface area contributed by atoms with Gasteiger partial charge in [0.1, 0.15) is 16.8 Å². The summed E-state index contributed by atoms with van der Waals surface area (Å²) in [6, 6.07) is 8.16. The Hall–Kier alpha value is -3.69. The van der Waals surface area contributed by atoms with Crippen LogP contribution in [0, 0.1) is 12.7 Å². The number of fused-ring (bicyclic) bond motifs is 1. The molecule has 0 saturated heterocycles. The molecule has 3 aromatic heterocycles. The number of pyridine rings is 2. The number of nitrogens with zero attached hydrogens (tertiary/aromatic N) is 4. The molecule has 34 heavy (non-hydrogen) atoms. The fraction of sp³-hybridized carbons (Fsp3) is 0.208. The zero-order valence-corrected chi connectivity index (χ0v) is 19.5. The molecule has 4 N–H and O–H groups in total. The number of aryl methyl sites for hydroxylation is 1. The van der Waals surface area contributed by atoms with Crippen LogP contribution in [0.1, 0.15) is 41.3 Å². The van der Waals surface area contributed by atoms with E-state index in [2.05, 4.69) is 25.3 Å². The Morgan fingerprint density at radius 2 is 1.91 bits per heavy atom. The maximum Gasteiger partial charge on any atom is 0.248 e. The van der Waals surface area contributed by atoms with E-state index in [4.69, 9.17) is 17.3 Å². The van der Waals surface area contributed by atoms with Gasteiger partial charge in [-0.25, -0.2) is 24.3 Å². The Balaban J connectivity index is 1.77. The third-order valence-corrected chi connectivity index (χ3v) is 5.63. The molecule has 0 bridgehead atoms. The van der Waals surface area contributed by atoms with E-state index in [1.807, 2.05) is 6.07 Å². The van der Waals surface area contributed by atoms with Crippen molar-refractivity contribution in [3.63, 3.8) is 0 Å². The molecule has 0 saturated carbocycles. The lowest BCUT2D eigenvalue weighted by Gasteiger charge is -2.16. The van der Waals surface area contributed by atoms with Crippen LogP contribution in [0.15, 0.2) is 42.7 Å². The van der Waals surface area contributed by atoms with Crippen molar-refractivity contribution in [1.82, 2.24) is 19.9 Å². The molecule has 174 valence electrons. The maximum absolute atomic E-state index is 15.0. The van der Waals surface area contributed by atoms with E-state index in [1.54, 1.807) is 39.0 Å². The van der Waals surface area contributed by atoms with E-state index in [-0.39, 0.29) is 11.5 Å². The minimum absolute atomic E-state index is 0.0234. The van der Waals surface area contributed by atoms with Crippen LogP contribution in [0.25, 0.3) is 22.3 Å². The fourth-order valence-corrected chi connectivity index (χ4v) is 3.62. The van der Waals surface area contributed by atoms with Gasteiger partial charge in [-0.3, -0.25) is 4.79 Å². The largest absolute Gasteiger partial charge is 0.382 e. The minimum Gasteiger partial charge on any atom is -0.382 e. The molecule has 0 aliphatic rings. The van der Waals surface area contributed by atoms with E-state index in [1.165, 1.54) is 18.5 Å². The Morgan fingerprint density at radius 1 is 1.21 bits per heavy atom. The van der Waals surface area contributed by atoms with Crippen LogP contribution in [0.3, 0.4) is 0 Å². The zero-order chi connectivity index (χ0) is 24.6. The number of amides is 1. The normalized spacial score (nSPS) is 11.6. The standard InChI is InChI=1S/C24H22ClFN6O2/c1-12-18(25)21(28-9-13-5-4-6-14(7-13)22(27)33)20-17(31-12)8-16(26)19(32-20)15-10-29-23(30-11-15)24(2,3)34/h4-8,10-11,34H,9H2,1-3H3,(H2,27,33)(H,28,31). The molecular formula is C24H22ClFN6O2. The molecule has 0 spiro atoms. The quantitative estimate of drug-likeness (QED) is 0.378. The summed E-state index contributed by atoms with van der Waals surface area (Å²) < 4.78 is 15.0. The second kappa shape index (κ2) is 8.92. The van der Waals surface area contributed by atoms with Gasteiger partial charge in [0.05, 0.1) is 21.9 Å². The lowest BCUT2D eigenvalue weighted by atomic mass is 10.1. The molecule has 4 rings (SSSR count). The van der Waals surface area contributed by atoms with Gasteiger partial charge in [0.2, 0.25) is 5.91 Å². The highest BCUT2D eigenvalue weighted by Gasteiger charge is 2.21. The van der Waals surface area contributed by atoms with Crippen molar-refractivity contribution in [3.05, 3.63) is 76.2 Å². The summed E-state index contributed by atoms with van der Waals surface area (Å²) in [5.74, 6) is -0.913. The summed E-state index contributed by atoms with van der Waals surface area (Å²) in [6.45, 7) is 5.15. The summed E-state index contributed by atoms with van der Waals surface area (Å²) in [5.41, 5.74) is 7.36. The number of aromatic nitrogens is 4. The first-order valence-electron chi connectivity index (χ1n) is 10.4. The average molecular weight is 481 g/mol. The summed E-state index contributed by atoms with van der Waals surface area (Å²) in [6.07, 6.45) is 2.81. The van der Waals surface area contributed by atoms with Gasteiger partial charge in [0.25, 0.3) is 0 Å². The van der Waals surface area contributed by atoms with Gasteiger partial charge in [-0.15, -0.1) is 0 Å². The monoisotopic (exact) mass is 480 g/mol. The second-order valence-corrected chi connectivity index (χ2v) is 8.72. The van der Waals surface area contributed by atoms with Crippen molar-refractivity contribution in [2.45, 2.75) is 32.9 Å². The third-order valence-electron chi connectivity index (χ3n) is 5.17. The number of rotatable bonds is 6. The highest BCUT2D eigenvalue weighted by atomic mass is 35.5. The number of anilines is 1. The molecule has 0 atom stereocenters.